The molecule has 1 atom stereocenters. The van der Waals surface area contributed by atoms with E-state index >= 15 is 0 Å². The molecule has 0 spiro atoms. The fourth-order valence-corrected chi connectivity index (χ4v) is 4.89. The summed E-state index contributed by atoms with van der Waals surface area (Å²) in [6.07, 6.45) is 0.585. The van der Waals surface area contributed by atoms with Gasteiger partial charge in [0, 0.05) is 19.4 Å². The lowest BCUT2D eigenvalue weighted by Gasteiger charge is -2.19. The van der Waals surface area contributed by atoms with Crippen LogP contribution in [0.2, 0.25) is 0 Å². The molecule has 0 aromatic heterocycles. The Labute approximate surface area is 379 Å². The summed E-state index contributed by atoms with van der Waals surface area (Å²) in [5.41, 5.74) is 0.119. The molecule has 3 N–H and O–H groups in total. The number of hydrogen-bond donors (Lipinski definition) is 3. The van der Waals surface area contributed by atoms with Gasteiger partial charge in [-0.1, -0.05) is 19.1 Å². The number of carbonyl (C=O) groups is 3. The van der Waals surface area contributed by atoms with E-state index in [1.165, 1.54) is 0 Å². The third kappa shape index (κ3) is 40.3. The maximum atomic E-state index is 12.4. The van der Waals surface area contributed by atoms with Crippen LogP contribution in [0.5, 0.6) is 5.75 Å². The van der Waals surface area contributed by atoms with Crippen LogP contribution >= 0.6 is 0 Å². The lowest BCUT2D eigenvalue weighted by Crippen LogP contribution is -2.42. The van der Waals surface area contributed by atoms with Crippen molar-refractivity contribution in [1.29, 1.82) is 0 Å². The van der Waals surface area contributed by atoms with Gasteiger partial charge in [-0.15, -0.1) is 0 Å². The van der Waals surface area contributed by atoms with Gasteiger partial charge in [0.1, 0.15) is 24.0 Å². The molecule has 20 heteroatoms. The van der Waals surface area contributed by atoms with E-state index in [4.69, 9.17) is 66.3 Å². The van der Waals surface area contributed by atoms with E-state index in [0.29, 0.717) is 150 Å². The van der Waals surface area contributed by atoms with Crippen LogP contribution in [0.4, 0.5) is 4.79 Å². The van der Waals surface area contributed by atoms with Crippen LogP contribution in [-0.2, 0) is 77.6 Å². The highest BCUT2D eigenvalue weighted by Crippen LogP contribution is 2.14. The van der Waals surface area contributed by atoms with Crippen molar-refractivity contribution in [2.45, 2.75) is 58.6 Å². The molecule has 1 rings (SSSR count). The van der Waals surface area contributed by atoms with E-state index in [2.05, 4.69) is 17.6 Å². The number of carboxylic acids is 1. The second-order valence-electron chi connectivity index (χ2n) is 14.7. The maximum Gasteiger partial charge on any atom is 0.407 e. The molecule has 372 valence electrons. The average molecular weight is 923 g/mol. The van der Waals surface area contributed by atoms with Gasteiger partial charge in [-0.25, -0.2) is 9.59 Å². The minimum atomic E-state index is -1.15. The number of amides is 2. The van der Waals surface area contributed by atoms with E-state index < -0.39 is 29.6 Å². The first kappa shape index (κ1) is 58.8. The molecule has 0 bridgehead atoms. The molecule has 0 radical (unpaired) electrons. The van der Waals surface area contributed by atoms with Gasteiger partial charge < -0.3 is 82.1 Å². The number of nitrogens with one attached hydrogen (secondary N) is 2. The van der Waals surface area contributed by atoms with E-state index in [-0.39, 0.29) is 39.2 Å². The predicted octanol–water partition coefficient (Wildman–Crippen LogP) is 2.70. The first-order valence-electron chi connectivity index (χ1n) is 22.2. The fourth-order valence-electron chi connectivity index (χ4n) is 4.89. The fraction of sp³-hybridized carbons (Fsp3) is 0.795. The van der Waals surface area contributed by atoms with E-state index in [9.17, 15) is 19.5 Å². The molecule has 20 nitrogen and oxygen atoms in total. The number of carboxylic acid groups (broad SMARTS) is 1. The molecule has 0 heterocycles. The Morgan fingerprint density at radius 2 is 0.859 bits per heavy atom. The minimum absolute atomic E-state index is 0.00695. The topological polar surface area (TPSA) is 225 Å². The van der Waals surface area contributed by atoms with Crippen molar-refractivity contribution in [1.82, 2.24) is 10.6 Å². The Bertz CT molecular complexity index is 1240. The van der Waals surface area contributed by atoms with Crippen LogP contribution in [0.3, 0.4) is 0 Å². The third-order valence-electron chi connectivity index (χ3n) is 7.95. The summed E-state index contributed by atoms with van der Waals surface area (Å²) in [6, 6.07) is 5.74. The Morgan fingerprint density at radius 3 is 1.19 bits per heavy atom. The van der Waals surface area contributed by atoms with Crippen LogP contribution in [0.25, 0.3) is 0 Å². The molecule has 0 aliphatic heterocycles. The van der Waals surface area contributed by atoms with Gasteiger partial charge in [-0.3, -0.25) is 4.79 Å². The molecule has 2 amide bonds. The number of rotatable bonds is 46. The normalized spacial score (nSPS) is 12.0. The van der Waals surface area contributed by atoms with Gasteiger partial charge in [-0.2, -0.15) is 0 Å². The minimum Gasteiger partial charge on any atom is -0.492 e. The van der Waals surface area contributed by atoms with Crippen molar-refractivity contribution < 1.29 is 85.8 Å². The Morgan fingerprint density at radius 1 is 0.516 bits per heavy atom. The second kappa shape index (κ2) is 42.4. The van der Waals surface area contributed by atoms with Crippen molar-refractivity contribution in [2.75, 3.05) is 172 Å². The first-order chi connectivity index (χ1) is 31.1. The lowest BCUT2D eigenvalue weighted by molar-refractivity contribution is -0.142. The summed E-state index contributed by atoms with van der Waals surface area (Å²) >= 11 is 0. The summed E-state index contributed by atoms with van der Waals surface area (Å²) in [5, 5.41) is 14.8. The zero-order valence-electron chi connectivity index (χ0n) is 38.8. The molecule has 0 unspecified atom stereocenters. The third-order valence-corrected chi connectivity index (χ3v) is 7.95. The standard InChI is InChI=1S/C44H78N2O18/c1-5-12-51-15-17-53-19-21-55-23-25-57-27-29-59-31-33-61-35-36-62-34-32-60-30-28-58-26-24-56-22-20-54-18-16-52-13-10-41(47)46-40(42(48)49)37-38-6-8-39(9-7-38)63-14-11-45-43(50)64-44(2,3)4/h6-9,40H,5,10-37H2,1-4H3,(H,45,50)(H,46,47)(H,48,49)/t40-/m0/s1. The van der Waals surface area contributed by atoms with Crippen LogP contribution in [0.15, 0.2) is 24.3 Å². The number of alkyl carbamates (subject to hydrolysis) is 1. The number of benzene rings is 1. The smallest absolute Gasteiger partial charge is 0.407 e. The zero-order valence-corrected chi connectivity index (χ0v) is 38.8. The SMILES string of the molecule is CCCOCCOCCOCCOCCOCCOCCOCCOCCOCCOCCOCCOCCC(=O)N[C@@H](Cc1ccc(OCCNC(=O)OC(C)(C)C)cc1)C(=O)O. The number of ether oxygens (including phenoxy) is 14. The summed E-state index contributed by atoms with van der Waals surface area (Å²) in [5.74, 6) is -1.02. The van der Waals surface area contributed by atoms with Gasteiger partial charge in [0.2, 0.25) is 5.91 Å². The molecule has 0 aliphatic rings. The molecule has 64 heavy (non-hydrogen) atoms. The molecule has 1 aromatic rings. The van der Waals surface area contributed by atoms with Crippen LogP contribution in [-0.4, -0.2) is 206 Å². The van der Waals surface area contributed by atoms with E-state index in [1.807, 2.05) is 0 Å². The van der Waals surface area contributed by atoms with Gasteiger partial charge in [-0.05, 0) is 44.9 Å². The lowest BCUT2D eigenvalue weighted by atomic mass is 10.1. The largest absolute Gasteiger partial charge is 0.492 e. The van der Waals surface area contributed by atoms with Crippen molar-refractivity contribution in [3.8, 4) is 5.75 Å². The summed E-state index contributed by atoms with van der Waals surface area (Å²) in [4.78, 5) is 35.9. The van der Waals surface area contributed by atoms with Crippen molar-refractivity contribution >= 4 is 18.0 Å². The Hall–Kier alpha value is -3.25. The summed E-state index contributed by atoms with van der Waals surface area (Å²) in [7, 11) is 0. The summed E-state index contributed by atoms with van der Waals surface area (Å²) in [6.45, 7) is 19.1. The number of hydrogen-bond acceptors (Lipinski definition) is 17. The van der Waals surface area contributed by atoms with Gasteiger partial charge >= 0.3 is 12.1 Å². The molecule has 0 fully saturated rings. The highest BCUT2D eigenvalue weighted by Gasteiger charge is 2.20. The monoisotopic (exact) mass is 923 g/mol. The summed E-state index contributed by atoms with van der Waals surface area (Å²) < 4.78 is 76.3. The molecule has 0 aliphatic carbocycles. The van der Waals surface area contributed by atoms with Crippen LogP contribution < -0.4 is 15.4 Å². The Kier molecular flexibility index (Phi) is 38.9. The zero-order chi connectivity index (χ0) is 46.6. The first-order valence-corrected chi connectivity index (χ1v) is 22.2. The average Bonchev–Trinajstić information content (AvgIpc) is 3.26. The van der Waals surface area contributed by atoms with Crippen LogP contribution in [0, 0.1) is 0 Å². The molecular formula is C44H78N2O18. The molecular weight excluding hydrogens is 844 g/mol. The van der Waals surface area contributed by atoms with Gasteiger partial charge in [0.15, 0.2) is 0 Å². The number of carbonyl (C=O) groups excluding carboxylic acids is 2. The molecule has 0 saturated heterocycles. The van der Waals surface area contributed by atoms with Crippen molar-refractivity contribution in [2.24, 2.45) is 0 Å². The highest BCUT2D eigenvalue weighted by atomic mass is 16.6. The Balaban J connectivity index is 1.83. The highest BCUT2D eigenvalue weighted by molar-refractivity contribution is 5.83. The van der Waals surface area contributed by atoms with Crippen molar-refractivity contribution in [3.05, 3.63) is 29.8 Å². The van der Waals surface area contributed by atoms with Gasteiger partial charge in [0.05, 0.1) is 159 Å². The maximum absolute atomic E-state index is 12.4. The van der Waals surface area contributed by atoms with Gasteiger partial charge in [0.25, 0.3) is 0 Å². The molecule has 0 saturated carbocycles. The number of aliphatic carboxylic acids is 1. The van der Waals surface area contributed by atoms with E-state index in [1.54, 1.807) is 45.0 Å². The van der Waals surface area contributed by atoms with E-state index in [0.717, 1.165) is 13.0 Å². The predicted molar refractivity (Wildman–Crippen MR) is 234 cm³/mol. The van der Waals surface area contributed by atoms with Crippen LogP contribution in [0.1, 0.15) is 46.1 Å². The van der Waals surface area contributed by atoms with Crippen molar-refractivity contribution in [3.63, 3.8) is 0 Å². The molecule has 1 aromatic carbocycles. The quantitative estimate of drug-likeness (QED) is 0.0800. The second-order valence-corrected chi connectivity index (χ2v) is 14.7.